The SMILES string of the molecule is C/C=C/C1=CNc2ncc(-c3cccc(O)c3)cc2CC1.C/C=C\CC. The molecule has 1 aliphatic rings. The van der Waals surface area contributed by atoms with Crippen LogP contribution in [-0.2, 0) is 6.42 Å². The second kappa shape index (κ2) is 10.2. The number of hydrogen-bond acceptors (Lipinski definition) is 3. The van der Waals surface area contributed by atoms with Gasteiger partial charge in [0.25, 0.3) is 0 Å². The summed E-state index contributed by atoms with van der Waals surface area (Å²) >= 11 is 0. The van der Waals surface area contributed by atoms with Gasteiger partial charge in [0.15, 0.2) is 0 Å². The van der Waals surface area contributed by atoms with Crippen molar-refractivity contribution in [1.29, 1.82) is 0 Å². The van der Waals surface area contributed by atoms with Gasteiger partial charge in [-0.3, -0.25) is 0 Å². The lowest BCUT2D eigenvalue weighted by Gasteiger charge is -2.08. The van der Waals surface area contributed by atoms with Crippen molar-refractivity contribution in [3.63, 3.8) is 0 Å². The van der Waals surface area contributed by atoms with Crippen molar-refractivity contribution in [2.24, 2.45) is 0 Å². The Kier molecular flexibility index (Phi) is 7.69. The van der Waals surface area contributed by atoms with E-state index in [-0.39, 0.29) is 5.75 Å². The highest BCUT2D eigenvalue weighted by Gasteiger charge is 2.10. The highest BCUT2D eigenvalue weighted by atomic mass is 16.3. The number of phenols is 1. The van der Waals surface area contributed by atoms with Gasteiger partial charge in [0.05, 0.1) is 0 Å². The Balaban J connectivity index is 0.000000431. The number of aromatic nitrogens is 1. The van der Waals surface area contributed by atoms with Gasteiger partial charge in [0, 0.05) is 18.0 Å². The van der Waals surface area contributed by atoms with Crippen LogP contribution < -0.4 is 5.32 Å². The van der Waals surface area contributed by atoms with Crippen LogP contribution in [0.4, 0.5) is 5.82 Å². The average molecular weight is 348 g/mol. The molecule has 3 rings (SSSR count). The fourth-order valence-electron chi connectivity index (χ4n) is 2.77. The van der Waals surface area contributed by atoms with Crippen molar-refractivity contribution >= 4 is 5.82 Å². The van der Waals surface area contributed by atoms with Crippen molar-refractivity contribution in [3.05, 3.63) is 78.2 Å². The molecule has 0 saturated heterocycles. The third-order valence-electron chi connectivity index (χ3n) is 4.08. The molecular formula is C23H28N2O. The van der Waals surface area contributed by atoms with E-state index >= 15 is 0 Å². The van der Waals surface area contributed by atoms with E-state index < -0.39 is 0 Å². The summed E-state index contributed by atoms with van der Waals surface area (Å²) < 4.78 is 0. The van der Waals surface area contributed by atoms with E-state index in [0.717, 1.165) is 36.2 Å². The molecule has 1 aromatic heterocycles. The van der Waals surface area contributed by atoms with Crippen molar-refractivity contribution in [3.8, 4) is 16.9 Å². The number of benzene rings is 1. The maximum absolute atomic E-state index is 9.60. The van der Waals surface area contributed by atoms with Crippen LogP contribution in [0.5, 0.6) is 5.75 Å². The number of anilines is 1. The predicted molar refractivity (Wildman–Crippen MR) is 111 cm³/mol. The summed E-state index contributed by atoms with van der Waals surface area (Å²) in [7, 11) is 0. The maximum atomic E-state index is 9.60. The second-order valence-electron chi connectivity index (χ2n) is 6.12. The smallest absolute Gasteiger partial charge is 0.133 e. The van der Waals surface area contributed by atoms with Gasteiger partial charge in [0.2, 0.25) is 0 Å². The van der Waals surface area contributed by atoms with Gasteiger partial charge in [-0.05, 0) is 68.0 Å². The minimum atomic E-state index is 0.276. The zero-order valence-corrected chi connectivity index (χ0v) is 15.9. The van der Waals surface area contributed by atoms with Gasteiger partial charge < -0.3 is 10.4 Å². The first-order chi connectivity index (χ1) is 12.7. The van der Waals surface area contributed by atoms with Crippen molar-refractivity contribution in [1.82, 2.24) is 4.98 Å². The number of fused-ring (bicyclic) bond motifs is 1. The first kappa shape index (κ1) is 19.5. The molecule has 3 heteroatoms. The molecule has 2 heterocycles. The highest BCUT2D eigenvalue weighted by molar-refractivity contribution is 5.67. The number of pyridine rings is 1. The van der Waals surface area contributed by atoms with Gasteiger partial charge in [0.1, 0.15) is 11.6 Å². The lowest BCUT2D eigenvalue weighted by molar-refractivity contribution is 0.475. The standard InChI is InChI=1S/C18H18N2O.C5H10/c1-2-4-13-7-8-15-9-16(12-20-18(15)19-11-13)14-5-3-6-17(21)10-14;1-3-5-4-2/h2-6,9-12,21H,7-8H2,1H3,(H,19,20);3,5H,4H2,1-2H3/b4-2+;5-3-. The summed E-state index contributed by atoms with van der Waals surface area (Å²) in [4.78, 5) is 4.52. The van der Waals surface area contributed by atoms with Crippen LogP contribution in [0.2, 0.25) is 0 Å². The first-order valence-corrected chi connectivity index (χ1v) is 9.15. The number of phenolic OH excluding ortho intramolecular Hbond substituents is 1. The summed E-state index contributed by atoms with van der Waals surface area (Å²) in [5, 5.41) is 12.9. The average Bonchev–Trinajstić information content (AvgIpc) is 2.85. The van der Waals surface area contributed by atoms with Crippen molar-refractivity contribution in [2.75, 3.05) is 5.32 Å². The number of allylic oxidation sites excluding steroid dienone is 5. The lowest BCUT2D eigenvalue weighted by atomic mass is 10.0. The second-order valence-corrected chi connectivity index (χ2v) is 6.12. The van der Waals surface area contributed by atoms with E-state index in [1.54, 1.807) is 12.1 Å². The Bertz CT molecular complexity index is 804. The van der Waals surface area contributed by atoms with Gasteiger partial charge in [-0.2, -0.15) is 0 Å². The molecule has 0 fully saturated rings. The number of nitrogens with one attached hydrogen (secondary N) is 1. The molecule has 0 amide bonds. The summed E-state index contributed by atoms with van der Waals surface area (Å²) in [5.74, 6) is 1.19. The van der Waals surface area contributed by atoms with Crippen LogP contribution in [0, 0.1) is 0 Å². The van der Waals surface area contributed by atoms with Gasteiger partial charge in [-0.25, -0.2) is 4.98 Å². The minimum Gasteiger partial charge on any atom is -0.508 e. The third kappa shape index (κ3) is 5.62. The topological polar surface area (TPSA) is 45.2 Å². The van der Waals surface area contributed by atoms with Crippen LogP contribution >= 0.6 is 0 Å². The van der Waals surface area contributed by atoms with E-state index in [4.69, 9.17) is 0 Å². The summed E-state index contributed by atoms with van der Waals surface area (Å²) in [6.45, 7) is 6.18. The molecule has 0 saturated carbocycles. The van der Waals surface area contributed by atoms with E-state index in [0.29, 0.717) is 0 Å². The fourth-order valence-corrected chi connectivity index (χ4v) is 2.77. The summed E-state index contributed by atoms with van der Waals surface area (Å²) in [5.41, 5.74) is 4.48. The van der Waals surface area contributed by atoms with Gasteiger partial charge in [-0.1, -0.05) is 43.4 Å². The minimum absolute atomic E-state index is 0.276. The number of rotatable bonds is 3. The molecule has 2 N–H and O–H groups in total. The Morgan fingerprint density at radius 1 is 1.12 bits per heavy atom. The van der Waals surface area contributed by atoms with E-state index in [9.17, 15) is 5.11 Å². The number of nitrogens with zero attached hydrogens (tertiary/aromatic N) is 1. The van der Waals surface area contributed by atoms with Crippen LogP contribution in [0.1, 0.15) is 39.2 Å². The first-order valence-electron chi connectivity index (χ1n) is 9.15. The van der Waals surface area contributed by atoms with Crippen LogP contribution in [0.25, 0.3) is 11.1 Å². The maximum Gasteiger partial charge on any atom is 0.133 e. The predicted octanol–water partition coefficient (Wildman–Crippen LogP) is 6.24. The fraction of sp³-hybridized carbons (Fsp3) is 0.261. The molecule has 3 nitrogen and oxygen atoms in total. The Hall–Kier alpha value is -2.81. The lowest BCUT2D eigenvalue weighted by Crippen LogP contribution is -1.96. The molecule has 26 heavy (non-hydrogen) atoms. The van der Waals surface area contributed by atoms with Gasteiger partial charge in [-0.15, -0.1) is 0 Å². The van der Waals surface area contributed by atoms with E-state index in [2.05, 4.69) is 47.6 Å². The van der Waals surface area contributed by atoms with E-state index in [1.807, 2.05) is 38.4 Å². The Morgan fingerprint density at radius 2 is 1.96 bits per heavy atom. The molecule has 0 radical (unpaired) electrons. The normalized spacial score (nSPS) is 13.4. The zero-order valence-electron chi connectivity index (χ0n) is 15.9. The van der Waals surface area contributed by atoms with Crippen molar-refractivity contribution < 1.29 is 5.11 Å². The molecule has 1 aromatic carbocycles. The monoisotopic (exact) mass is 348 g/mol. The molecule has 0 aliphatic carbocycles. The molecule has 2 aromatic rings. The quantitative estimate of drug-likeness (QED) is 0.645. The number of aryl methyl sites for hydroxylation is 1. The molecule has 0 spiro atoms. The molecule has 0 unspecified atom stereocenters. The van der Waals surface area contributed by atoms with E-state index in [1.165, 1.54) is 11.1 Å². The Labute approximate surface area is 156 Å². The molecule has 0 bridgehead atoms. The Morgan fingerprint density at radius 3 is 2.62 bits per heavy atom. The number of hydrogen-bond donors (Lipinski definition) is 2. The summed E-state index contributed by atoms with van der Waals surface area (Å²) in [6, 6.07) is 9.42. The van der Waals surface area contributed by atoms with Crippen molar-refractivity contribution in [2.45, 2.75) is 40.0 Å². The highest BCUT2D eigenvalue weighted by Crippen LogP contribution is 2.28. The van der Waals surface area contributed by atoms with Crippen LogP contribution in [0.15, 0.2) is 72.6 Å². The van der Waals surface area contributed by atoms with Crippen LogP contribution in [-0.4, -0.2) is 10.1 Å². The largest absolute Gasteiger partial charge is 0.508 e. The van der Waals surface area contributed by atoms with Crippen LogP contribution in [0.3, 0.4) is 0 Å². The molecular weight excluding hydrogens is 320 g/mol. The molecule has 136 valence electrons. The summed E-state index contributed by atoms with van der Waals surface area (Å²) in [6.07, 6.45) is 15.3. The van der Waals surface area contributed by atoms with Gasteiger partial charge >= 0.3 is 0 Å². The molecule has 1 aliphatic heterocycles. The number of aromatic hydroxyl groups is 1. The third-order valence-corrected chi connectivity index (χ3v) is 4.08. The molecule has 0 atom stereocenters. The zero-order chi connectivity index (χ0) is 18.8.